The zero-order valence-electron chi connectivity index (χ0n) is 14.5. The molecule has 2 heterocycles. The van der Waals surface area contributed by atoms with Crippen molar-refractivity contribution in [3.05, 3.63) is 26.9 Å². The van der Waals surface area contributed by atoms with E-state index in [0.717, 1.165) is 9.88 Å². The van der Waals surface area contributed by atoms with Gasteiger partial charge in [0.05, 0.1) is 4.88 Å². The number of anilines is 1. The van der Waals surface area contributed by atoms with Crippen LogP contribution in [0.2, 0.25) is 0 Å². The zero-order valence-corrected chi connectivity index (χ0v) is 16.1. The molecule has 0 saturated heterocycles. The van der Waals surface area contributed by atoms with Crippen LogP contribution in [0.25, 0.3) is 0 Å². The van der Waals surface area contributed by atoms with Gasteiger partial charge in [0, 0.05) is 36.5 Å². The summed E-state index contributed by atoms with van der Waals surface area (Å²) in [4.78, 5) is 37.5. The highest BCUT2D eigenvalue weighted by atomic mass is 32.1. The number of aromatic nitrogens is 2. The molecule has 0 aliphatic heterocycles. The van der Waals surface area contributed by atoms with Gasteiger partial charge in [0.1, 0.15) is 10.8 Å². The van der Waals surface area contributed by atoms with E-state index < -0.39 is 0 Å². The molecule has 2 aromatic heterocycles. The minimum atomic E-state index is -0.264. The van der Waals surface area contributed by atoms with Crippen LogP contribution in [0.5, 0.6) is 0 Å². The van der Waals surface area contributed by atoms with Gasteiger partial charge in [-0.2, -0.15) is 0 Å². The first-order valence-electron chi connectivity index (χ1n) is 8.09. The number of nitrogens with zero attached hydrogens (tertiary/aromatic N) is 2. The normalized spacial score (nSPS) is 10.9. The van der Waals surface area contributed by atoms with Crippen molar-refractivity contribution < 1.29 is 14.4 Å². The van der Waals surface area contributed by atoms with Gasteiger partial charge in [-0.1, -0.05) is 25.2 Å². The molecule has 8 heteroatoms. The van der Waals surface area contributed by atoms with Crippen molar-refractivity contribution in [2.24, 2.45) is 0 Å². The van der Waals surface area contributed by atoms with Crippen molar-refractivity contribution >= 4 is 45.3 Å². The fraction of sp³-hybridized carbons (Fsp3) is 0.471. The van der Waals surface area contributed by atoms with Gasteiger partial charge in [0.15, 0.2) is 5.78 Å². The molecule has 6 nitrogen and oxygen atoms in total. The van der Waals surface area contributed by atoms with E-state index in [1.807, 2.05) is 26.8 Å². The predicted molar refractivity (Wildman–Crippen MR) is 99.5 cm³/mol. The lowest BCUT2D eigenvalue weighted by Gasteiger charge is -2.01. The van der Waals surface area contributed by atoms with Gasteiger partial charge < -0.3 is 5.32 Å². The molecule has 0 aliphatic carbocycles. The second-order valence-corrected chi connectivity index (χ2v) is 8.32. The van der Waals surface area contributed by atoms with E-state index in [2.05, 4.69) is 15.5 Å². The molecule has 2 aromatic rings. The Balaban J connectivity index is 1.70. The molecule has 25 heavy (non-hydrogen) atoms. The van der Waals surface area contributed by atoms with Gasteiger partial charge in [-0.05, 0) is 19.1 Å². The van der Waals surface area contributed by atoms with Crippen LogP contribution in [0.3, 0.4) is 0 Å². The van der Waals surface area contributed by atoms with E-state index in [1.54, 1.807) is 6.07 Å². The highest BCUT2D eigenvalue weighted by molar-refractivity contribution is 7.15. The Labute approximate surface area is 154 Å². The molecule has 0 radical (unpaired) electrons. The summed E-state index contributed by atoms with van der Waals surface area (Å²) in [6.07, 6.45) is 0.564. The van der Waals surface area contributed by atoms with Crippen LogP contribution in [0.15, 0.2) is 12.1 Å². The molecule has 0 saturated carbocycles. The monoisotopic (exact) mass is 379 g/mol. The lowest BCUT2D eigenvalue weighted by Crippen LogP contribution is -2.13. The van der Waals surface area contributed by atoms with Crippen LogP contribution < -0.4 is 5.32 Å². The second-order valence-electron chi connectivity index (χ2n) is 6.02. The van der Waals surface area contributed by atoms with Crippen LogP contribution in [-0.4, -0.2) is 27.7 Å². The number of carbonyl (C=O) groups is 3. The summed E-state index contributed by atoms with van der Waals surface area (Å²) in [6.45, 7) is 5.94. The molecular weight excluding hydrogens is 358 g/mol. The predicted octanol–water partition coefficient (Wildman–Crippen LogP) is 3.98. The van der Waals surface area contributed by atoms with E-state index in [1.165, 1.54) is 22.7 Å². The molecule has 1 amide bonds. The minimum Gasteiger partial charge on any atom is -0.301 e. The third-order valence-electron chi connectivity index (χ3n) is 3.46. The molecule has 1 N–H and O–H groups in total. The molecule has 2 rings (SSSR count). The maximum atomic E-state index is 12.0. The van der Waals surface area contributed by atoms with Gasteiger partial charge in [-0.3, -0.25) is 14.4 Å². The molecule has 0 spiro atoms. The standard InChI is InChI=1S/C17H21N3O3S2/c1-10(2)16-19-20-17(25-16)18-15(23)9-6-12(21)5-7-13(22)14-8-4-11(3)24-14/h4,8,10H,5-7,9H2,1-3H3,(H,18,20,23). The number of Topliss-reactive ketones (excluding diaryl/α,β-unsaturated/α-hetero) is 2. The molecule has 0 aromatic carbocycles. The Hall–Kier alpha value is -1.93. The number of hydrogen-bond acceptors (Lipinski definition) is 7. The minimum absolute atomic E-state index is 0.0222. The fourth-order valence-corrected chi connectivity index (χ4v) is 3.64. The first-order chi connectivity index (χ1) is 11.8. The van der Waals surface area contributed by atoms with Gasteiger partial charge in [-0.15, -0.1) is 21.5 Å². The summed E-state index contributed by atoms with van der Waals surface area (Å²) in [5.74, 6) is -0.114. The molecule has 0 fully saturated rings. The van der Waals surface area contributed by atoms with Gasteiger partial charge in [-0.25, -0.2) is 0 Å². The SMILES string of the molecule is Cc1ccc(C(=O)CCC(=O)CCC(=O)Nc2nnc(C(C)C)s2)s1. The number of amides is 1. The Morgan fingerprint density at radius 1 is 1.04 bits per heavy atom. The molecular formula is C17H21N3O3S2. The average molecular weight is 380 g/mol. The topological polar surface area (TPSA) is 89.0 Å². The van der Waals surface area contributed by atoms with E-state index >= 15 is 0 Å². The molecule has 134 valence electrons. The second kappa shape index (κ2) is 8.96. The number of thiophene rings is 1. The van der Waals surface area contributed by atoms with E-state index in [9.17, 15) is 14.4 Å². The third kappa shape index (κ3) is 6.13. The summed E-state index contributed by atoms with van der Waals surface area (Å²) in [6, 6.07) is 3.68. The van der Waals surface area contributed by atoms with Crippen molar-refractivity contribution in [2.45, 2.75) is 52.4 Å². The van der Waals surface area contributed by atoms with E-state index in [-0.39, 0.29) is 49.1 Å². The number of ketones is 2. The zero-order chi connectivity index (χ0) is 18.4. The highest BCUT2D eigenvalue weighted by Crippen LogP contribution is 2.22. The molecule has 0 aliphatic rings. The highest BCUT2D eigenvalue weighted by Gasteiger charge is 2.14. The summed E-state index contributed by atoms with van der Waals surface area (Å²) in [5.41, 5.74) is 0. The van der Waals surface area contributed by atoms with Crippen LogP contribution in [0, 0.1) is 6.92 Å². The quantitative estimate of drug-likeness (QED) is 0.666. The van der Waals surface area contributed by atoms with Crippen molar-refractivity contribution in [3.8, 4) is 0 Å². The van der Waals surface area contributed by atoms with Crippen molar-refractivity contribution in [2.75, 3.05) is 5.32 Å². The van der Waals surface area contributed by atoms with Crippen LogP contribution in [0.4, 0.5) is 5.13 Å². The summed E-state index contributed by atoms with van der Waals surface area (Å²) in [5, 5.41) is 11.9. The molecule has 0 atom stereocenters. The van der Waals surface area contributed by atoms with Crippen molar-refractivity contribution in [3.63, 3.8) is 0 Å². The fourth-order valence-electron chi connectivity index (χ4n) is 2.04. The van der Waals surface area contributed by atoms with Crippen LogP contribution in [-0.2, 0) is 9.59 Å². The summed E-state index contributed by atoms with van der Waals surface area (Å²) in [7, 11) is 0. The van der Waals surface area contributed by atoms with E-state index in [4.69, 9.17) is 0 Å². The van der Waals surface area contributed by atoms with Gasteiger partial charge in [0.25, 0.3) is 0 Å². The summed E-state index contributed by atoms with van der Waals surface area (Å²) < 4.78 is 0. The average Bonchev–Trinajstić information content (AvgIpc) is 3.19. The van der Waals surface area contributed by atoms with E-state index in [0.29, 0.717) is 10.0 Å². The Kier molecular flexibility index (Phi) is 6.95. The number of carbonyl (C=O) groups excluding carboxylic acids is 3. The molecule has 0 bridgehead atoms. The third-order valence-corrected chi connectivity index (χ3v) is 5.64. The Bertz CT molecular complexity index is 765. The molecule has 0 unspecified atom stereocenters. The lowest BCUT2D eigenvalue weighted by molar-refractivity contribution is -0.122. The Morgan fingerprint density at radius 2 is 1.76 bits per heavy atom. The smallest absolute Gasteiger partial charge is 0.226 e. The first kappa shape index (κ1) is 19.4. The Morgan fingerprint density at radius 3 is 2.36 bits per heavy atom. The number of aryl methyl sites for hydroxylation is 1. The first-order valence-corrected chi connectivity index (χ1v) is 9.73. The maximum absolute atomic E-state index is 12.0. The maximum Gasteiger partial charge on any atom is 0.226 e. The summed E-state index contributed by atoms with van der Waals surface area (Å²) >= 11 is 2.77. The van der Waals surface area contributed by atoms with Gasteiger partial charge in [0.2, 0.25) is 11.0 Å². The van der Waals surface area contributed by atoms with Crippen LogP contribution in [0.1, 0.15) is 65.0 Å². The van der Waals surface area contributed by atoms with Crippen molar-refractivity contribution in [1.82, 2.24) is 10.2 Å². The lowest BCUT2D eigenvalue weighted by atomic mass is 10.1. The van der Waals surface area contributed by atoms with Gasteiger partial charge >= 0.3 is 0 Å². The largest absolute Gasteiger partial charge is 0.301 e. The number of rotatable bonds is 9. The number of hydrogen-bond donors (Lipinski definition) is 1. The van der Waals surface area contributed by atoms with Crippen LogP contribution >= 0.6 is 22.7 Å². The van der Waals surface area contributed by atoms with Crippen molar-refractivity contribution in [1.29, 1.82) is 0 Å². The number of nitrogens with one attached hydrogen (secondary N) is 1.